The van der Waals surface area contributed by atoms with E-state index in [1.54, 1.807) is 36.2 Å². The second-order valence-electron chi connectivity index (χ2n) is 7.95. The van der Waals surface area contributed by atoms with E-state index in [4.69, 9.17) is 11.6 Å². The number of carbonyl (C=O) groups excluding carboxylic acids is 3. The molecule has 2 fully saturated rings. The topological polar surface area (TPSA) is 81.8 Å². The summed E-state index contributed by atoms with van der Waals surface area (Å²) in [5.74, 6) is -0.273. The van der Waals surface area contributed by atoms with Gasteiger partial charge in [-0.3, -0.25) is 14.5 Å². The molecule has 1 saturated heterocycles. The van der Waals surface area contributed by atoms with E-state index >= 15 is 0 Å². The minimum atomic E-state index is -0.823. The van der Waals surface area contributed by atoms with Gasteiger partial charge in [0.1, 0.15) is 5.54 Å². The third-order valence-corrected chi connectivity index (χ3v) is 6.26. The highest BCUT2D eigenvalue weighted by molar-refractivity contribution is 6.33. The van der Waals surface area contributed by atoms with Gasteiger partial charge in [0.15, 0.2) is 0 Å². The lowest BCUT2D eigenvalue weighted by Crippen LogP contribution is -2.59. The standard InChI is InChI=1S/C20H27ClN4O3/c1-13-7-6-8-14(2)20(13)18(27)25(19(28)23-20)12-24(3)11-17(26)22-16-10-5-4-9-15(16)21/h4-5,9-10,13-14H,6-8,11-12H2,1-3H3,(H,22,26)(H,23,28)/t13-,14-/m1/s1. The molecule has 2 atom stereocenters. The number of halogens is 1. The van der Waals surface area contributed by atoms with Gasteiger partial charge in [0.25, 0.3) is 5.91 Å². The molecule has 2 aliphatic rings. The molecule has 1 aliphatic carbocycles. The maximum absolute atomic E-state index is 13.2. The molecule has 0 bridgehead atoms. The van der Waals surface area contributed by atoms with Gasteiger partial charge in [-0.2, -0.15) is 0 Å². The van der Waals surface area contributed by atoms with Crippen LogP contribution in [0.1, 0.15) is 33.1 Å². The quantitative estimate of drug-likeness (QED) is 0.736. The van der Waals surface area contributed by atoms with E-state index in [0.717, 1.165) is 19.3 Å². The Labute approximate surface area is 170 Å². The SMILES string of the molecule is C[C@@H]1CCC[C@@H](C)C12NC(=O)N(CN(C)CC(=O)Nc1ccccc1Cl)C2=O. The van der Waals surface area contributed by atoms with E-state index in [-0.39, 0.29) is 42.9 Å². The smallest absolute Gasteiger partial charge is 0.324 e. The molecule has 7 nitrogen and oxygen atoms in total. The molecule has 0 radical (unpaired) electrons. The fourth-order valence-electron chi connectivity index (χ4n) is 4.37. The molecule has 28 heavy (non-hydrogen) atoms. The van der Waals surface area contributed by atoms with Gasteiger partial charge in [0, 0.05) is 0 Å². The van der Waals surface area contributed by atoms with Gasteiger partial charge in [-0.15, -0.1) is 0 Å². The van der Waals surface area contributed by atoms with E-state index in [1.165, 1.54) is 4.90 Å². The van der Waals surface area contributed by atoms with Gasteiger partial charge in [0.05, 0.1) is 23.9 Å². The Hall–Kier alpha value is -2.12. The molecule has 0 aromatic heterocycles. The van der Waals surface area contributed by atoms with Gasteiger partial charge < -0.3 is 10.6 Å². The summed E-state index contributed by atoms with van der Waals surface area (Å²) in [6, 6.07) is 6.59. The van der Waals surface area contributed by atoms with Crippen LogP contribution in [0.25, 0.3) is 0 Å². The van der Waals surface area contributed by atoms with E-state index in [1.807, 2.05) is 13.8 Å². The second kappa shape index (κ2) is 8.09. The van der Waals surface area contributed by atoms with Gasteiger partial charge in [-0.1, -0.05) is 44.0 Å². The lowest BCUT2D eigenvalue weighted by molar-refractivity contribution is -0.138. The van der Waals surface area contributed by atoms with Crippen LogP contribution in [0.15, 0.2) is 24.3 Å². The third-order valence-electron chi connectivity index (χ3n) is 5.93. The number of likely N-dealkylation sites (N-methyl/N-ethyl adjacent to an activating group) is 1. The molecular formula is C20H27ClN4O3. The maximum atomic E-state index is 13.2. The Kier molecular flexibility index (Phi) is 5.95. The van der Waals surface area contributed by atoms with Crippen molar-refractivity contribution in [2.24, 2.45) is 11.8 Å². The van der Waals surface area contributed by atoms with Crippen LogP contribution in [0.4, 0.5) is 10.5 Å². The minimum absolute atomic E-state index is 0.0282. The summed E-state index contributed by atoms with van der Waals surface area (Å²) in [6.45, 7) is 4.14. The Morgan fingerprint density at radius 3 is 2.57 bits per heavy atom. The normalized spacial score (nSPS) is 24.0. The highest BCUT2D eigenvalue weighted by Crippen LogP contribution is 2.42. The van der Waals surface area contributed by atoms with Crippen LogP contribution in [-0.4, -0.2) is 53.4 Å². The first-order valence-electron chi connectivity index (χ1n) is 9.62. The van der Waals surface area contributed by atoms with Crippen molar-refractivity contribution >= 4 is 35.1 Å². The van der Waals surface area contributed by atoms with Crippen molar-refractivity contribution in [3.63, 3.8) is 0 Å². The molecule has 3 rings (SSSR count). The molecule has 0 unspecified atom stereocenters. The number of rotatable bonds is 5. The number of nitrogens with one attached hydrogen (secondary N) is 2. The maximum Gasteiger partial charge on any atom is 0.326 e. The van der Waals surface area contributed by atoms with Crippen LogP contribution in [-0.2, 0) is 9.59 Å². The van der Waals surface area contributed by atoms with Gasteiger partial charge >= 0.3 is 6.03 Å². The average molecular weight is 407 g/mol. The summed E-state index contributed by atoms with van der Waals surface area (Å²) in [5.41, 5.74) is -0.294. The minimum Gasteiger partial charge on any atom is -0.324 e. The van der Waals surface area contributed by atoms with Crippen molar-refractivity contribution in [2.45, 2.75) is 38.6 Å². The molecule has 8 heteroatoms. The van der Waals surface area contributed by atoms with Crippen LogP contribution in [0.2, 0.25) is 5.02 Å². The number of anilines is 1. The summed E-state index contributed by atoms with van der Waals surface area (Å²) in [5, 5.41) is 6.16. The zero-order valence-electron chi connectivity index (χ0n) is 16.5. The van der Waals surface area contributed by atoms with Crippen molar-refractivity contribution < 1.29 is 14.4 Å². The number of nitrogens with zero attached hydrogens (tertiary/aromatic N) is 2. The monoisotopic (exact) mass is 406 g/mol. The first kappa shape index (κ1) is 20.6. The van der Waals surface area contributed by atoms with Crippen molar-refractivity contribution in [1.82, 2.24) is 15.1 Å². The number of benzene rings is 1. The molecular weight excluding hydrogens is 380 g/mol. The fraction of sp³-hybridized carbons (Fsp3) is 0.550. The predicted molar refractivity (Wildman–Crippen MR) is 108 cm³/mol. The molecule has 1 saturated carbocycles. The van der Waals surface area contributed by atoms with E-state index in [9.17, 15) is 14.4 Å². The van der Waals surface area contributed by atoms with E-state index in [0.29, 0.717) is 10.7 Å². The molecule has 1 heterocycles. The Bertz CT molecular complexity index is 774. The third kappa shape index (κ3) is 3.73. The van der Waals surface area contributed by atoms with Crippen LogP contribution in [0.5, 0.6) is 0 Å². The number of imide groups is 1. The predicted octanol–water partition coefficient (Wildman–Crippen LogP) is 2.91. The number of hydrogen-bond donors (Lipinski definition) is 2. The number of hydrogen-bond acceptors (Lipinski definition) is 4. The molecule has 1 aliphatic heterocycles. The largest absolute Gasteiger partial charge is 0.326 e. The van der Waals surface area contributed by atoms with Gasteiger partial charge in [0.2, 0.25) is 5.91 Å². The summed E-state index contributed by atoms with van der Waals surface area (Å²) in [7, 11) is 1.70. The molecule has 1 aromatic carbocycles. The van der Waals surface area contributed by atoms with Crippen molar-refractivity contribution in [3.05, 3.63) is 29.3 Å². The number of amides is 4. The molecule has 2 N–H and O–H groups in total. The molecule has 152 valence electrons. The zero-order valence-corrected chi connectivity index (χ0v) is 17.3. The lowest BCUT2D eigenvalue weighted by Gasteiger charge is -2.42. The lowest BCUT2D eigenvalue weighted by atomic mass is 9.67. The van der Waals surface area contributed by atoms with Crippen molar-refractivity contribution in [1.29, 1.82) is 0 Å². The zero-order chi connectivity index (χ0) is 20.5. The Morgan fingerprint density at radius 1 is 1.29 bits per heavy atom. The Balaban J connectivity index is 1.63. The molecule has 1 aromatic rings. The van der Waals surface area contributed by atoms with Gasteiger partial charge in [-0.05, 0) is 43.9 Å². The van der Waals surface area contributed by atoms with E-state index < -0.39 is 5.54 Å². The number of urea groups is 1. The highest BCUT2D eigenvalue weighted by Gasteiger charge is 2.58. The van der Waals surface area contributed by atoms with Gasteiger partial charge in [-0.25, -0.2) is 9.69 Å². The van der Waals surface area contributed by atoms with Crippen molar-refractivity contribution in [3.8, 4) is 0 Å². The molecule has 1 spiro atoms. The summed E-state index contributed by atoms with van der Waals surface area (Å²) in [4.78, 5) is 40.9. The van der Waals surface area contributed by atoms with Crippen LogP contribution in [0.3, 0.4) is 0 Å². The van der Waals surface area contributed by atoms with Crippen molar-refractivity contribution in [2.75, 3.05) is 25.6 Å². The fourth-order valence-corrected chi connectivity index (χ4v) is 4.55. The van der Waals surface area contributed by atoms with E-state index in [2.05, 4.69) is 10.6 Å². The second-order valence-corrected chi connectivity index (χ2v) is 8.36. The highest BCUT2D eigenvalue weighted by atomic mass is 35.5. The summed E-state index contributed by atoms with van der Waals surface area (Å²) < 4.78 is 0. The summed E-state index contributed by atoms with van der Waals surface area (Å²) in [6.07, 6.45) is 2.90. The number of para-hydroxylation sites is 1. The first-order valence-corrected chi connectivity index (χ1v) is 10.0. The first-order chi connectivity index (χ1) is 13.3. The molecule has 4 amide bonds. The Morgan fingerprint density at radius 2 is 1.93 bits per heavy atom. The summed E-state index contributed by atoms with van der Waals surface area (Å²) >= 11 is 6.06. The number of carbonyl (C=O) groups is 3. The van der Waals surface area contributed by atoms with Crippen LogP contribution < -0.4 is 10.6 Å². The van der Waals surface area contributed by atoms with Crippen LogP contribution in [0, 0.1) is 11.8 Å². The average Bonchev–Trinajstić information content (AvgIpc) is 2.87. The van der Waals surface area contributed by atoms with Crippen LogP contribution >= 0.6 is 11.6 Å².